The molecule has 2 heterocycles. The van der Waals surface area contributed by atoms with Gasteiger partial charge in [0.1, 0.15) is 5.54 Å². The Bertz CT molecular complexity index is 890. The van der Waals surface area contributed by atoms with Crippen molar-refractivity contribution in [1.82, 2.24) is 5.32 Å². The maximum absolute atomic E-state index is 13.0. The molecule has 0 unspecified atom stereocenters. The number of fused-ring (bicyclic) bond motifs is 1. The molecule has 0 aromatic heterocycles. The van der Waals surface area contributed by atoms with Crippen LogP contribution in [0.3, 0.4) is 0 Å². The zero-order chi connectivity index (χ0) is 17.3. The number of hydrogen-bond acceptors (Lipinski definition) is 4. The van der Waals surface area contributed by atoms with Crippen molar-refractivity contribution in [2.24, 2.45) is 4.99 Å². The number of carbonyl (C=O) groups excluding carboxylic acids is 1. The Hall–Kier alpha value is -2.97. The largest absolute Gasteiger partial charge is 0.323 e. The van der Waals surface area contributed by atoms with Crippen LogP contribution in [0.1, 0.15) is 29.5 Å². The zero-order valence-corrected chi connectivity index (χ0v) is 13.7. The molecule has 2 N–H and O–H groups in total. The van der Waals surface area contributed by atoms with Crippen LogP contribution in [0.4, 0.5) is 5.69 Å². The summed E-state index contributed by atoms with van der Waals surface area (Å²) in [6, 6.07) is 17.4. The Morgan fingerprint density at radius 3 is 2.56 bits per heavy atom. The minimum atomic E-state index is -0.762. The molecule has 25 heavy (non-hydrogen) atoms. The molecule has 0 radical (unpaired) electrons. The van der Waals surface area contributed by atoms with Gasteiger partial charge in [-0.1, -0.05) is 30.3 Å². The summed E-state index contributed by atoms with van der Waals surface area (Å²) in [4.78, 5) is 18.0. The fourth-order valence-corrected chi connectivity index (χ4v) is 3.48. The van der Waals surface area contributed by atoms with Crippen LogP contribution in [0, 0.1) is 11.3 Å². The SMILES string of the molecule is N#Cc1ccc2c(c1)NC(=O)C1(CCNCC1)N=C2c1ccccc1. The van der Waals surface area contributed by atoms with Gasteiger partial charge in [0, 0.05) is 11.1 Å². The van der Waals surface area contributed by atoms with Crippen LogP contribution in [0.15, 0.2) is 53.5 Å². The van der Waals surface area contributed by atoms with E-state index in [0.717, 1.165) is 29.9 Å². The van der Waals surface area contributed by atoms with Crippen molar-refractivity contribution in [2.75, 3.05) is 18.4 Å². The van der Waals surface area contributed by atoms with Crippen LogP contribution < -0.4 is 10.6 Å². The summed E-state index contributed by atoms with van der Waals surface area (Å²) in [6.07, 6.45) is 1.32. The van der Waals surface area contributed by atoms with Gasteiger partial charge in [0.25, 0.3) is 5.91 Å². The van der Waals surface area contributed by atoms with E-state index in [2.05, 4.69) is 16.7 Å². The summed E-state index contributed by atoms with van der Waals surface area (Å²) < 4.78 is 0. The topological polar surface area (TPSA) is 77.3 Å². The molecule has 1 spiro atoms. The normalized spacial score (nSPS) is 18.5. The van der Waals surface area contributed by atoms with Gasteiger partial charge in [-0.25, -0.2) is 0 Å². The summed E-state index contributed by atoms with van der Waals surface area (Å²) in [5.41, 5.74) is 3.05. The van der Waals surface area contributed by atoms with Crippen LogP contribution in [0.5, 0.6) is 0 Å². The lowest BCUT2D eigenvalue weighted by molar-refractivity contribution is -0.121. The van der Waals surface area contributed by atoms with Gasteiger partial charge in [-0.3, -0.25) is 9.79 Å². The number of hydrogen-bond donors (Lipinski definition) is 2. The third-order valence-corrected chi connectivity index (χ3v) is 4.88. The van der Waals surface area contributed by atoms with E-state index in [9.17, 15) is 10.1 Å². The third-order valence-electron chi connectivity index (χ3n) is 4.88. The summed E-state index contributed by atoms with van der Waals surface area (Å²) >= 11 is 0. The number of piperidine rings is 1. The van der Waals surface area contributed by atoms with E-state index >= 15 is 0 Å². The van der Waals surface area contributed by atoms with E-state index in [1.54, 1.807) is 12.1 Å². The highest BCUT2D eigenvalue weighted by atomic mass is 16.2. The van der Waals surface area contributed by atoms with Gasteiger partial charge in [0.05, 0.1) is 23.0 Å². The molecule has 2 aliphatic rings. The van der Waals surface area contributed by atoms with E-state index < -0.39 is 5.54 Å². The van der Waals surface area contributed by atoms with Crippen LogP contribution >= 0.6 is 0 Å². The molecule has 1 amide bonds. The van der Waals surface area contributed by atoms with Gasteiger partial charge in [-0.15, -0.1) is 0 Å². The van der Waals surface area contributed by atoms with E-state index in [-0.39, 0.29) is 5.91 Å². The van der Waals surface area contributed by atoms with Crippen LogP contribution in [0.2, 0.25) is 0 Å². The van der Waals surface area contributed by atoms with Crippen LogP contribution in [-0.2, 0) is 4.79 Å². The predicted molar refractivity (Wildman–Crippen MR) is 96.7 cm³/mol. The summed E-state index contributed by atoms with van der Waals surface area (Å²) in [5, 5.41) is 15.5. The Kier molecular flexibility index (Phi) is 3.83. The number of nitrogens with zero attached hydrogens (tertiary/aromatic N) is 2. The average molecular weight is 330 g/mol. The van der Waals surface area contributed by atoms with E-state index in [1.807, 2.05) is 36.4 Å². The molecule has 1 saturated heterocycles. The molecule has 2 aromatic rings. The lowest BCUT2D eigenvalue weighted by Crippen LogP contribution is -2.49. The lowest BCUT2D eigenvalue weighted by atomic mass is 9.87. The third kappa shape index (κ3) is 2.71. The maximum Gasteiger partial charge on any atom is 0.252 e. The number of benzene rings is 2. The van der Waals surface area contributed by atoms with Crippen molar-refractivity contribution in [2.45, 2.75) is 18.4 Å². The fraction of sp³-hybridized carbons (Fsp3) is 0.250. The minimum Gasteiger partial charge on any atom is -0.323 e. The second kappa shape index (κ2) is 6.15. The molecule has 124 valence electrons. The first kappa shape index (κ1) is 15.6. The van der Waals surface area contributed by atoms with Crippen molar-refractivity contribution in [3.05, 3.63) is 65.2 Å². The molecule has 0 aliphatic carbocycles. The highest BCUT2D eigenvalue weighted by Gasteiger charge is 2.42. The quantitative estimate of drug-likeness (QED) is 0.843. The Morgan fingerprint density at radius 1 is 1.08 bits per heavy atom. The highest BCUT2D eigenvalue weighted by Crippen LogP contribution is 2.33. The number of aliphatic imine (C=N–C) groups is 1. The number of nitrogens with one attached hydrogen (secondary N) is 2. The molecule has 1 fully saturated rings. The molecule has 2 aromatic carbocycles. The number of carbonyl (C=O) groups is 1. The number of anilines is 1. The van der Waals surface area contributed by atoms with Crippen molar-refractivity contribution >= 4 is 17.3 Å². The molecule has 4 rings (SSSR count). The van der Waals surface area contributed by atoms with Crippen LogP contribution in [-0.4, -0.2) is 30.2 Å². The fourth-order valence-electron chi connectivity index (χ4n) is 3.48. The monoisotopic (exact) mass is 330 g/mol. The molecule has 5 heteroatoms. The maximum atomic E-state index is 13.0. The first-order valence-electron chi connectivity index (χ1n) is 8.44. The van der Waals surface area contributed by atoms with Gasteiger partial charge in [0.2, 0.25) is 0 Å². The first-order chi connectivity index (χ1) is 12.2. The lowest BCUT2D eigenvalue weighted by Gasteiger charge is -2.32. The Morgan fingerprint density at radius 2 is 1.84 bits per heavy atom. The highest BCUT2D eigenvalue weighted by molar-refractivity contribution is 6.20. The van der Waals surface area contributed by atoms with E-state index in [4.69, 9.17) is 4.99 Å². The van der Waals surface area contributed by atoms with Crippen molar-refractivity contribution in [1.29, 1.82) is 5.26 Å². The van der Waals surface area contributed by atoms with Gasteiger partial charge in [-0.2, -0.15) is 5.26 Å². The molecule has 2 aliphatic heterocycles. The second-order valence-corrected chi connectivity index (χ2v) is 6.43. The Balaban J connectivity index is 1.93. The zero-order valence-electron chi connectivity index (χ0n) is 13.7. The van der Waals surface area contributed by atoms with E-state index in [1.165, 1.54) is 0 Å². The van der Waals surface area contributed by atoms with Crippen LogP contribution in [0.25, 0.3) is 0 Å². The van der Waals surface area contributed by atoms with Crippen molar-refractivity contribution in [3.8, 4) is 6.07 Å². The minimum absolute atomic E-state index is 0.0868. The van der Waals surface area contributed by atoms with Crippen molar-refractivity contribution < 1.29 is 4.79 Å². The number of nitriles is 1. The molecule has 0 atom stereocenters. The second-order valence-electron chi connectivity index (χ2n) is 6.43. The molecular formula is C20H18N4O. The first-order valence-corrected chi connectivity index (χ1v) is 8.44. The summed E-state index contributed by atoms with van der Waals surface area (Å²) in [7, 11) is 0. The smallest absolute Gasteiger partial charge is 0.252 e. The summed E-state index contributed by atoms with van der Waals surface area (Å²) in [6.45, 7) is 1.53. The van der Waals surface area contributed by atoms with Gasteiger partial charge in [0.15, 0.2) is 0 Å². The predicted octanol–water partition coefficient (Wildman–Crippen LogP) is 2.47. The van der Waals surface area contributed by atoms with E-state index in [0.29, 0.717) is 24.1 Å². The molecule has 0 saturated carbocycles. The summed E-state index contributed by atoms with van der Waals surface area (Å²) in [5.74, 6) is -0.0868. The van der Waals surface area contributed by atoms with Gasteiger partial charge < -0.3 is 10.6 Å². The molecule has 0 bridgehead atoms. The number of rotatable bonds is 1. The molecule has 5 nitrogen and oxygen atoms in total. The molecular weight excluding hydrogens is 312 g/mol. The van der Waals surface area contributed by atoms with Crippen molar-refractivity contribution in [3.63, 3.8) is 0 Å². The van der Waals surface area contributed by atoms with Gasteiger partial charge >= 0.3 is 0 Å². The van der Waals surface area contributed by atoms with Gasteiger partial charge in [-0.05, 0) is 44.1 Å². The Labute approximate surface area is 146 Å². The average Bonchev–Trinajstić information content (AvgIpc) is 2.78. The number of amides is 1. The standard InChI is InChI=1S/C20H18N4O/c21-13-14-6-7-16-17(12-14)23-19(25)20(8-10-22-11-9-20)24-18(16)15-4-2-1-3-5-15/h1-7,12,22H,8-11H2,(H,23,25).